The van der Waals surface area contributed by atoms with E-state index in [1.165, 1.54) is 38.5 Å². The molecule has 0 fully saturated rings. The maximum absolute atomic E-state index is 6.09. The van der Waals surface area contributed by atoms with Gasteiger partial charge in [-0.15, -0.1) is 0 Å². The lowest BCUT2D eigenvalue weighted by Gasteiger charge is -2.25. The molecule has 1 aliphatic heterocycles. The molecule has 0 spiro atoms. The highest BCUT2D eigenvalue weighted by Crippen LogP contribution is 2.24. The van der Waals surface area contributed by atoms with Crippen LogP contribution in [0.15, 0.2) is 4.99 Å². The van der Waals surface area contributed by atoms with Gasteiger partial charge in [0, 0.05) is 5.92 Å². The van der Waals surface area contributed by atoms with Gasteiger partial charge in [-0.3, -0.25) is 4.99 Å². The average molecular weight is 372 g/mol. The highest BCUT2D eigenvalue weighted by molar-refractivity contribution is 5.88. The molecule has 26 heavy (non-hydrogen) atoms. The molecule has 1 aliphatic rings. The van der Waals surface area contributed by atoms with Crippen molar-refractivity contribution >= 4 is 5.71 Å². The van der Waals surface area contributed by atoms with Crippen LogP contribution in [0, 0.1) is 5.92 Å². The first-order chi connectivity index (χ1) is 12.5. The van der Waals surface area contributed by atoms with E-state index < -0.39 is 0 Å². The molecule has 0 aromatic carbocycles. The highest BCUT2D eigenvalue weighted by Gasteiger charge is 2.27. The van der Waals surface area contributed by atoms with Gasteiger partial charge < -0.3 is 9.47 Å². The molecular weight excluding hydrogens is 322 g/mol. The van der Waals surface area contributed by atoms with Gasteiger partial charge in [-0.1, -0.05) is 80.6 Å². The van der Waals surface area contributed by atoms with E-state index in [9.17, 15) is 0 Å². The molecule has 0 aromatic heterocycles. The first-order valence-electron chi connectivity index (χ1n) is 11.3. The summed E-state index contributed by atoms with van der Waals surface area (Å²) in [4.78, 5) is 4.78. The van der Waals surface area contributed by atoms with Gasteiger partial charge in [-0.2, -0.15) is 0 Å². The summed E-state index contributed by atoms with van der Waals surface area (Å²) >= 11 is 0. The van der Waals surface area contributed by atoms with Crippen molar-refractivity contribution in [3.8, 4) is 0 Å². The van der Waals surface area contributed by atoms with Crippen LogP contribution in [0.2, 0.25) is 0 Å². The Morgan fingerprint density at radius 2 is 1.65 bits per heavy atom. The zero-order valence-electron chi connectivity index (χ0n) is 19.5. The van der Waals surface area contributed by atoms with E-state index in [1.54, 1.807) is 0 Å². The fourth-order valence-electron chi connectivity index (χ4n) is 2.92. The number of unbranched alkanes of at least 4 members (excludes halogenated alkanes) is 3. The second kappa shape index (κ2) is 18.0. The van der Waals surface area contributed by atoms with Crippen molar-refractivity contribution in [2.45, 2.75) is 126 Å². The third-order valence-corrected chi connectivity index (χ3v) is 4.60. The average Bonchev–Trinajstić information content (AvgIpc) is 3.13. The molecule has 0 aliphatic carbocycles. The number of rotatable bonds is 12. The van der Waals surface area contributed by atoms with Crippen molar-refractivity contribution < 1.29 is 9.47 Å². The van der Waals surface area contributed by atoms with Crippen LogP contribution in [-0.4, -0.2) is 30.8 Å². The van der Waals surface area contributed by atoms with Crippen molar-refractivity contribution in [1.82, 2.24) is 0 Å². The van der Waals surface area contributed by atoms with Gasteiger partial charge >= 0.3 is 0 Å². The van der Waals surface area contributed by atoms with Crippen LogP contribution in [0.5, 0.6) is 0 Å². The Morgan fingerprint density at radius 3 is 2.19 bits per heavy atom. The van der Waals surface area contributed by atoms with Gasteiger partial charge in [0.15, 0.2) is 6.23 Å². The lowest BCUT2D eigenvalue weighted by Crippen LogP contribution is -2.28. The maximum atomic E-state index is 6.09. The standard InChI is InChI=1S/C19H37NO2.2C2H6/c1-6-9-11-13-19(4,5)22-15-17-14-21-18(20-17)16(8-3)12-10-7-2;2*1-2/h16,18H,6-15H2,1-5H3;2*1-2H3. The molecule has 0 N–H and O–H groups in total. The van der Waals surface area contributed by atoms with Gasteiger partial charge in [0.25, 0.3) is 0 Å². The summed E-state index contributed by atoms with van der Waals surface area (Å²) in [7, 11) is 0. The molecular formula is C23H49NO2. The van der Waals surface area contributed by atoms with E-state index in [0.29, 0.717) is 19.1 Å². The number of ether oxygens (including phenoxy) is 2. The number of aliphatic imine (C=N–C) groups is 1. The Hall–Kier alpha value is -0.410. The van der Waals surface area contributed by atoms with Crippen molar-refractivity contribution in [2.75, 3.05) is 13.2 Å². The maximum Gasteiger partial charge on any atom is 0.151 e. The van der Waals surface area contributed by atoms with E-state index in [4.69, 9.17) is 14.5 Å². The van der Waals surface area contributed by atoms with E-state index in [-0.39, 0.29) is 11.8 Å². The number of nitrogens with zero attached hydrogens (tertiary/aromatic N) is 1. The SMILES string of the molecule is CC.CC.CCCCCC(C)(C)OCC1=NC(C(CC)CCCC)OC1. The molecule has 0 saturated carbocycles. The Kier molecular flexibility index (Phi) is 19.2. The summed E-state index contributed by atoms with van der Waals surface area (Å²) in [6.45, 7) is 20.4. The predicted molar refractivity (Wildman–Crippen MR) is 117 cm³/mol. The molecule has 1 heterocycles. The van der Waals surface area contributed by atoms with Gasteiger partial charge in [0.1, 0.15) is 0 Å². The van der Waals surface area contributed by atoms with Crippen LogP contribution in [0.3, 0.4) is 0 Å². The summed E-state index contributed by atoms with van der Waals surface area (Å²) in [5.74, 6) is 0.565. The molecule has 0 radical (unpaired) electrons. The van der Waals surface area contributed by atoms with E-state index in [1.807, 2.05) is 27.7 Å². The topological polar surface area (TPSA) is 30.8 Å². The van der Waals surface area contributed by atoms with Crippen LogP contribution < -0.4 is 0 Å². The zero-order valence-corrected chi connectivity index (χ0v) is 19.5. The summed E-state index contributed by atoms with van der Waals surface area (Å²) in [5, 5.41) is 0. The molecule has 0 amide bonds. The lowest BCUT2D eigenvalue weighted by atomic mass is 9.98. The molecule has 158 valence electrons. The molecule has 0 bridgehead atoms. The molecule has 1 rings (SSSR count). The zero-order chi connectivity index (χ0) is 20.4. The minimum absolute atomic E-state index is 0.0534. The van der Waals surface area contributed by atoms with Crippen LogP contribution in [0.25, 0.3) is 0 Å². The molecule has 0 saturated heterocycles. The van der Waals surface area contributed by atoms with Crippen LogP contribution in [0.4, 0.5) is 0 Å². The van der Waals surface area contributed by atoms with Crippen molar-refractivity contribution in [3.63, 3.8) is 0 Å². The Morgan fingerprint density at radius 1 is 1.04 bits per heavy atom. The first-order valence-corrected chi connectivity index (χ1v) is 11.3. The van der Waals surface area contributed by atoms with Gasteiger partial charge in [0.05, 0.1) is 24.5 Å². The predicted octanol–water partition coefficient (Wildman–Crippen LogP) is 7.43. The summed E-state index contributed by atoms with van der Waals surface area (Å²) in [6, 6.07) is 0. The van der Waals surface area contributed by atoms with Crippen molar-refractivity contribution in [3.05, 3.63) is 0 Å². The summed E-state index contributed by atoms with van der Waals surface area (Å²) in [6.07, 6.45) is 9.85. The van der Waals surface area contributed by atoms with Crippen LogP contribution in [-0.2, 0) is 9.47 Å². The van der Waals surface area contributed by atoms with Gasteiger partial charge in [-0.25, -0.2) is 0 Å². The fourth-order valence-corrected chi connectivity index (χ4v) is 2.92. The quantitative estimate of drug-likeness (QED) is 0.334. The van der Waals surface area contributed by atoms with Crippen molar-refractivity contribution in [1.29, 1.82) is 0 Å². The second-order valence-electron chi connectivity index (χ2n) is 7.21. The van der Waals surface area contributed by atoms with Gasteiger partial charge in [0.2, 0.25) is 0 Å². The minimum Gasteiger partial charge on any atom is -0.370 e. The molecule has 3 nitrogen and oxygen atoms in total. The van der Waals surface area contributed by atoms with E-state index in [0.717, 1.165) is 18.6 Å². The Labute approximate surface area is 165 Å². The largest absolute Gasteiger partial charge is 0.370 e. The third kappa shape index (κ3) is 12.9. The van der Waals surface area contributed by atoms with Crippen LogP contribution in [0.1, 0.15) is 114 Å². The third-order valence-electron chi connectivity index (χ3n) is 4.60. The van der Waals surface area contributed by atoms with E-state index in [2.05, 4.69) is 34.6 Å². The highest BCUT2D eigenvalue weighted by atomic mass is 16.5. The molecule has 2 atom stereocenters. The summed E-state index contributed by atoms with van der Waals surface area (Å²) in [5.41, 5.74) is 1.03. The number of hydrogen-bond donors (Lipinski definition) is 0. The minimum atomic E-state index is -0.0534. The normalized spacial score (nSPS) is 17.6. The lowest BCUT2D eigenvalue weighted by molar-refractivity contribution is -0.00453. The second-order valence-corrected chi connectivity index (χ2v) is 7.21. The monoisotopic (exact) mass is 371 g/mol. The molecule has 3 heteroatoms. The van der Waals surface area contributed by atoms with Crippen molar-refractivity contribution in [2.24, 2.45) is 10.9 Å². The molecule has 0 aromatic rings. The summed E-state index contributed by atoms with van der Waals surface area (Å²) < 4.78 is 12.0. The Balaban J connectivity index is 0. The van der Waals surface area contributed by atoms with E-state index >= 15 is 0 Å². The van der Waals surface area contributed by atoms with Gasteiger partial charge in [-0.05, 0) is 33.1 Å². The molecule has 2 unspecified atom stereocenters. The number of hydrogen-bond acceptors (Lipinski definition) is 3. The van der Waals surface area contributed by atoms with Crippen LogP contribution >= 0.6 is 0 Å². The fraction of sp³-hybridized carbons (Fsp3) is 0.957. The smallest absolute Gasteiger partial charge is 0.151 e. The first kappa shape index (κ1) is 27.8. The Bertz CT molecular complexity index is 326.